The van der Waals surface area contributed by atoms with Gasteiger partial charge in [-0.2, -0.15) is 5.10 Å². The van der Waals surface area contributed by atoms with Gasteiger partial charge in [-0.05, 0) is 56.3 Å². The third-order valence-corrected chi connectivity index (χ3v) is 4.79. The van der Waals surface area contributed by atoms with E-state index in [2.05, 4.69) is 29.2 Å². The van der Waals surface area contributed by atoms with Crippen LogP contribution in [0.5, 0.6) is 0 Å². The molecule has 0 radical (unpaired) electrons. The quantitative estimate of drug-likeness (QED) is 0.326. The first-order valence-electron chi connectivity index (χ1n) is 8.94. The summed E-state index contributed by atoms with van der Waals surface area (Å²) < 4.78 is 14.5. The van der Waals surface area contributed by atoms with E-state index in [9.17, 15) is 4.39 Å². The van der Waals surface area contributed by atoms with E-state index >= 15 is 0 Å². The predicted octanol–water partition coefficient (Wildman–Crippen LogP) is 4.88. The summed E-state index contributed by atoms with van der Waals surface area (Å²) in [6.07, 6.45) is 5.18. The zero-order valence-corrected chi connectivity index (χ0v) is 16.5. The summed E-state index contributed by atoms with van der Waals surface area (Å²) in [4.78, 5) is 0. The summed E-state index contributed by atoms with van der Waals surface area (Å²) in [6.45, 7) is 6.93. The van der Waals surface area contributed by atoms with Crippen LogP contribution in [0.25, 0.3) is 17.2 Å². The lowest BCUT2D eigenvalue weighted by Gasteiger charge is -2.22. The maximum Gasteiger partial charge on any atom is 0.132 e. The number of halogens is 2. The first-order chi connectivity index (χ1) is 13.0. The number of hydrogen-bond donors (Lipinski definition) is 3. The lowest BCUT2D eigenvalue weighted by atomic mass is 9.96. The first kappa shape index (κ1) is 20.9. The number of nitrogens with one attached hydrogen (secondary N) is 2. The highest BCUT2D eigenvalue weighted by Gasteiger charge is 2.16. The van der Waals surface area contributed by atoms with Crippen LogP contribution in [-0.2, 0) is 0 Å². The number of anilines is 1. The monoisotopic (exact) mass is 388 g/mol. The predicted molar refractivity (Wildman–Crippen MR) is 115 cm³/mol. The largest absolute Gasteiger partial charge is 0.382 e. The lowest BCUT2D eigenvalue weighted by Crippen LogP contribution is -2.24. The van der Waals surface area contributed by atoms with Gasteiger partial charge in [0.25, 0.3) is 0 Å². The molecule has 4 nitrogen and oxygen atoms in total. The van der Waals surface area contributed by atoms with Gasteiger partial charge in [-0.25, -0.2) is 4.39 Å². The van der Waals surface area contributed by atoms with E-state index in [-0.39, 0.29) is 11.9 Å². The molecule has 0 heterocycles. The third-order valence-electron chi connectivity index (χ3n) is 4.48. The fraction of sp³-hybridized carbons (Fsp3) is 0.286. The molecule has 0 bridgehead atoms. The van der Waals surface area contributed by atoms with Gasteiger partial charge < -0.3 is 16.5 Å². The molecule has 0 aliphatic rings. The summed E-state index contributed by atoms with van der Waals surface area (Å²) >= 11 is 6.27. The van der Waals surface area contributed by atoms with E-state index in [1.54, 1.807) is 18.2 Å². The Kier molecular flexibility index (Phi) is 7.82. The minimum atomic E-state index is -0.377. The normalized spacial score (nSPS) is 12.3. The highest BCUT2D eigenvalue weighted by molar-refractivity contribution is 6.33. The molecular weight excluding hydrogens is 363 g/mol. The maximum absolute atomic E-state index is 14.5. The van der Waals surface area contributed by atoms with Crippen LogP contribution in [0.3, 0.4) is 0 Å². The van der Waals surface area contributed by atoms with Crippen molar-refractivity contribution in [3.8, 4) is 11.1 Å². The van der Waals surface area contributed by atoms with Gasteiger partial charge in [0.1, 0.15) is 5.82 Å². The van der Waals surface area contributed by atoms with Crippen molar-refractivity contribution in [1.29, 1.82) is 0 Å². The van der Waals surface area contributed by atoms with Gasteiger partial charge >= 0.3 is 0 Å². The SMILES string of the molecule is C=Cc1c(/C=N\N)cc(-c2c(F)cccc2Cl)cc1NC(CC)CCNC. The van der Waals surface area contributed by atoms with Crippen molar-refractivity contribution < 1.29 is 4.39 Å². The average molecular weight is 389 g/mol. The molecule has 0 fully saturated rings. The van der Waals surface area contributed by atoms with Crippen molar-refractivity contribution in [2.24, 2.45) is 10.9 Å². The Morgan fingerprint density at radius 3 is 2.74 bits per heavy atom. The Hall–Kier alpha value is -2.37. The number of benzene rings is 2. The van der Waals surface area contributed by atoms with Crippen LogP contribution >= 0.6 is 11.6 Å². The van der Waals surface area contributed by atoms with Crippen LogP contribution in [0, 0.1) is 5.82 Å². The lowest BCUT2D eigenvalue weighted by molar-refractivity contribution is 0.604. The molecule has 0 saturated carbocycles. The van der Waals surface area contributed by atoms with Crippen LogP contribution in [0.2, 0.25) is 5.02 Å². The summed E-state index contributed by atoms with van der Waals surface area (Å²) in [5.41, 5.74) is 3.47. The summed E-state index contributed by atoms with van der Waals surface area (Å²) in [5, 5.41) is 10.7. The minimum absolute atomic E-state index is 0.255. The highest BCUT2D eigenvalue weighted by atomic mass is 35.5. The molecule has 1 unspecified atom stereocenters. The van der Waals surface area contributed by atoms with Crippen molar-refractivity contribution in [2.45, 2.75) is 25.8 Å². The molecule has 0 spiro atoms. The Bertz CT molecular complexity index is 800. The number of nitrogens with two attached hydrogens (primary N) is 1. The van der Waals surface area contributed by atoms with Crippen LogP contribution in [0.1, 0.15) is 30.9 Å². The van der Waals surface area contributed by atoms with Gasteiger partial charge in [-0.15, -0.1) is 0 Å². The van der Waals surface area contributed by atoms with Crippen molar-refractivity contribution >= 4 is 29.6 Å². The zero-order chi connectivity index (χ0) is 19.8. The van der Waals surface area contributed by atoms with Gasteiger partial charge in [-0.3, -0.25) is 0 Å². The van der Waals surface area contributed by atoms with Crippen molar-refractivity contribution in [2.75, 3.05) is 18.9 Å². The molecule has 1 atom stereocenters. The van der Waals surface area contributed by atoms with Crippen molar-refractivity contribution in [3.05, 3.63) is 58.9 Å². The molecule has 2 aromatic rings. The van der Waals surface area contributed by atoms with E-state index in [1.807, 2.05) is 19.2 Å². The fourth-order valence-electron chi connectivity index (χ4n) is 3.04. The Balaban J connectivity index is 2.60. The van der Waals surface area contributed by atoms with Crippen molar-refractivity contribution in [1.82, 2.24) is 5.32 Å². The Morgan fingerprint density at radius 1 is 1.37 bits per heavy atom. The van der Waals surface area contributed by atoms with Crippen LogP contribution < -0.4 is 16.5 Å². The average Bonchev–Trinajstić information content (AvgIpc) is 2.65. The fourth-order valence-corrected chi connectivity index (χ4v) is 3.32. The summed E-state index contributed by atoms with van der Waals surface area (Å²) in [6, 6.07) is 8.63. The highest BCUT2D eigenvalue weighted by Crippen LogP contribution is 2.35. The minimum Gasteiger partial charge on any atom is -0.382 e. The molecule has 2 rings (SSSR count). The second-order valence-corrected chi connectivity index (χ2v) is 6.65. The zero-order valence-electron chi connectivity index (χ0n) is 15.7. The number of rotatable bonds is 9. The molecule has 0 amide bonds. The third kappa shape index (κ3) is 5.08. The van der Waals surface area contributed by atoms with E-state index in [0.717, 1.165) is 36.2 Å². The second-order valence-electron chi connectivity index (χ2n) is 6.25. The second kappa shape index (κ2) is 10.1. The molecule has 2 aromatic carbocycles. The molecule has 27 heavy (non-hydrogen) atoms. The van der Waals surface area contributed by atoms with Crippen LogP contribution in [0.15, 0.2) is 42.0 Å². The molecule has 6 heteroatoms. The first-order valence-corrected chi connectivity index (χ1v) is 9.32. The number of hydrazone groups is 1. The Labute approximate surface area is 165 Å². The molecule has 0 aromatic heterocycles. The number of hydrogen-bond acceptors (Lipinski definition) is 4. The van der Waals surface area contributed by atoms with E-state index in [4.69, 9.17) is 17.4 Å². The standard InChI is InChI=1S/C21H26ClFN4/c1-4-16(9-10-25-3)27-20-12-14(11-15(13-26-24)17(20)5-2)21-18(22)7-6-8-19(21)23/h5-8,11-13,16,25,27H,2,4,9-10,24H2,1,3H3/b26-13-. The molecule has 0 saturated heterocycles. The molecule has 144 valence electrons. The van der Waals surface area contributed by atoms with Crippen molar-refractivity contribution in [3.63, 3.8) is 0 Å². The summed E-state index contributed by atoms with van der Waals surface area (Å²) in [7, 11) is 1.93. The van der Waals surface area contributed by atoms with Gasteiger partial charge in [0.15, 0.2) is 0 Å². The molecule has 0 aliphatic heterocycles. The molecule has 4 N–H and O–H groups in total. The van der Waals surface area contributed by atoms with Gasteiger partial charge in [0, 0.05) is 28.4 Å². The molecule has 0 aliphatic carbocycles. The molecular formula is C21H26ClFN4. The van der Waals surface area contributed by atoms with Crippen LogP contribution in [0.4, 0.5) is 10.1 Å². The maximum atomic E-state index is 14.5. The van der Waals surface area contributed by atoms with Gasteiger partial charge in [0.2, 0.25) is 0 Å². The van der Waals surface area contributed by atoms with Gasteiger partial charge in [0.05, 0.1) is 11.2 Å². The Morgan fingerprint density at radius 2 is 2.15 bits per heavy atom. The van der Waals surface area contributed by atoms with E-state index in [0.29, 0.717) is 16.1 Å². The smallest absolute Gasteiger partial charge is 0.132 e. The van der Waals surface area contributed by atoms with E-state index in [1.165, 1.54) is 12.3 Å². The summed E-state index contributed by atoms with van der Waals surface area (Å²) in [5.74, 6) is 5.01. The van der Waals surface area contributed by atoms with Crippen LogP contribution in [-0.4, -0.2) is 25.8 Å². The topological polar surface area (TPSA) is 62.4 Å². The van der Waals surface area contributed by atoms with E-state index < -0.39 is 0 Å². The number of nitrogens with zero attached hydrogens (tertiary/aromatic N) is 1. The van der Waals surface area contributed by atoms with Gasteiger partial charge in [-0.1, -0.05) is 37.2 Å².